The number of carbonyl (C=O) groups is 2. The fraction of sp³-hybridized carbons (Fsp3) is 0.833. The van der Waals surface area contributed by atoms with E-state index in [1.165, 1.54) is 4.90 Å². The van der Waals surface area contributed by atoms with Crippen LogP contribution < -0.4 is 11.1 Å². The summed E-state index contributed by atoms with van der Waals surface area (Å²) >= 11 is 0. The van der Waals surface area contributed by atoms with E-state index in [0.29, 0.717) is 6.54 Å². The fourth-order valence-electron chi connectivity index (χ4n) is 2.88. The van der Waals surface area contributed by atoms with Gasteiger partial charge in [0.2, 0.25) is 0 Å². The lowest BCUT2D eigenvalue weighted by atomic mass is 9.83. The first kappa shape index (κ1) is 12.4. The molecule has 3 amide bonds. The molecule has 0 aromatic heterocycles. The maximum absolute atomic E-state index is 12.2. The van der Waals surface area contributed by atoms with Crippen molar-refractivity contribution in [3.8, 4) is 0 Å². The van der Waals surface area contributed by atoms with Gasteiger partial charge in [-0.25, -0.2) is 4.79 Å². The number of amides is 3. The van der Waals surface area contributed by atoms with Gasteiger partial charge < -0.3 is 11.1 Å². The van der Waals surface area contributed by atoms with Crippen molar-refractivity contribution < 1.29 is 9.59 Å². The smallest absolute Gasteiger partial charge is 0.325 e. The van der Waals surface area contributed by atoms with Crippen LogP contribution in [0.1, 0.15) is 39.5 Å². The Hall–Kier alpha value is -1.10. The van der Waals surface area contributed by atoms with E-state index >= 15 is 0 Å². The Kier molecular flexibility index (Phi) is 3.12. The van der Waals surface area contributed by atoms with E-state index in [4.69, 9.17) is 5.73 Å². The van der Waals surface area contributed by atoms with Crippen LogP contribution in [0.3, 0.4) is 0 Å². The molecule has 0 bridgehead atoms. The number of nitrogens with one attached hydrogen (secondary N) is 1. The molecule has 0 aromatic carbocycles. The average Bonchev–Trinajstić information content (AvgIpc) is 2.48. The van der Waals surface area contributed by atoms with Crippen LogP contribution in [-0.4, -0.2) is 35.0 Å². The van der Waals surface area contributed by atoms with Gasteiger partial charge in [0.1, 0.15) is 5.54 Å². The Morgan fingerprint density at radius 2 is 2.00 bits per heavy atom. The van der Waals surface area contributed by atoms with Crippen molar-refractivity contribution in [3.05, 3.63) is 0 Å². The molecule has 1 saturated carbocycles. The van der Waals surface area contributed by atoms with Crippen LogP contribution in [0.2, 0.25) is 0 Å². The number of hydrogen-bond acceptors (Lipinski definition) is 3. The lowest BCUT2D eigenvalue weighted by Gasteiger charge is -2.35. The van der Waals surface area contributed by atoms with Crippen molar-refractivity contribution in [2.45, 2.75) is 51.1 Å². The summed E-state index contributed by atoms with van der Waals surface area (Å²) in [6.07, 6.45) is 4.11. The molecule has 2 aliphatic rings. The summed E-state index contributed by atoms with van der Waals surface area (Å²) in [5.74, 6) is 0.139. The molecule has 17 heavy (non-hydrogen) atoms. The molecule has 1 saturated heterocycles. The van der Waals surface area contributed by atoms with Crippen molar-refractivity contribution in [1.82, 2.24) is 10.2 Å². The van der Waals surface area contributed by atoms with E-state index in [2.05, 4.69) is 5.32 Å². The summed E-state index contributed by atoms with van der Waals surface area (Å²) in [4.78, 5) is 25.5. The molecule has 1 aliphatic carbocycles. The summed E-state index contributed by atoms with van der Waals surface area (Å²) in [7, 11) is 0. The Labute approximate surface area is 102 Å². The van der Waals surface area contributed by atoms with E-state index < -0.39 is 5.54 Å². The topological polar surface area (TPSA) is 75.4 Å². The van der Waals surface area contributed by atoms with E-state index in [9.17, 15) is 9.59 Å². The zero-order valence-corrected chi connectivity index (χ0v) is 10.5. The molecule has 2 unspecified atom stereocenters. The second-order valence-electron chi connectivity index (χ2n) is 5.58. The van der Waals surface area contributed by atoms with E-state index in [1.807, 2.05) is 0 Å². The highest BCUT2D eigenvalue weighted by molar-refractivity contribution is 6.06. The normalized spacial score (nSPS) is 32.8. The highest BCUT2D eigenvalue weighted by Crippen LogP contribution is 2.31. The van der Waals surface area contributed by atoms with Gasteiger partial charge in [0.25, 0.3) is 5.91 Å². The minimum absolute atomic E-state index is 0.0111. The van der Waals surface area contributed by atoms with Gasteiger partial charge >= 0.3 is 6.03 Å². The third-order valence-electron chi connectivity index (χ3n) is 3.90. The fourth-order valence-corrected chi connectivity index (χ4v) is 2.88. The summed E-state index contributed by atoms with van der Waals surface area (Å²) in [5, 5.41) is 2.73. The van der Waals surface area contributed by atoms with Gasteiger partial charge in [-0.1, -0.05) is 12.8 Å². The molecule has 0 radical (unpaired) electrons. The van der Waals surface area contributed by atoms with Gasteiger partial charge in [-0.05, 0) is 39.2 Å². The second kappa shape index (κ2) is 4.29. The van der Waals surface area contributed by atoms with E-state index in [1.54, 1.807) is 13.8 Å². The maximum Gasteiger partial charge on any atom is 0.325 e. The number of hydrogen-bond donors (Lipinski definition) is 2. The predicted molar refractivity (Wildman–Crippen MR) is 64.3 cm³/mol. The number of nitrogens with zero attached hydrogens (tertiary/aromatic N) is 1. The minimum Gasteiger partial charge on any atom is -0.330 e. The van der Waals surface area contributed by atoms with Crippen LogP contribution in [0, 0.1) is 5.92 Å². The zero-order chi connectivity index (χ0) is 12.6. The Morgan fingerprint density at radius 1 is 1.35 bits per heavy atom. The van der Waals surface area contributed by atoms with Crippen LogP contribution >= 0.6 is 0 Å². The highest BCUT2D eigenvalue weighted by Gasteiger charge is 2.48. The van der Waals surface area contributed by atoms with Crippen LogP contribution in [-0.2, 0) is 4.79 Å². The molecule has 2 fully saturated rings. The van der Waals surface area contributed by atoms with Crippen molar-refractivity contribution >= 4 is 11.9 Å². The predicted octanol–water partition coefficient (Wildman–Crippen LogP) is 0.834. The number of nitrogens with two attached hydrogens (primary N) is 1. The molecule has 5 heteroatoms. The molecule has 96 valence electrons. The van der Waals surface area contributed by atoms with Gasteiger partial charge in [0, 0.05) is 6.04 Å². The van der Waals surface area contributed by atoms with E-state index in [0.717, 1.165) is 25.7 Å². The van der Waals surface area contributed by atoms with Crippen LogP contribution in [0.4, 0.5) is 4.79 Å². The first-order chi connectivity index (χ1) is 7.97. The monoisotopic (exact) mass is 239 g/mol. The SMILES string of the molecule is CC1(C)NC(=O)N(C2CCCCC2CN)C1=O. The number of carbonyl (C=O) groups excluding carboxylic acids is 2. The average molecular weight is 239 g/mol. The Bertz CT molecular complexity index is 341. The first-order valence-corrected chi connectivity index (χ1v) is 6.33. The van der Waals surface area contributed by atoms with Crippen LogP contribution in [0.15, 0.2) is 0 Å². The Morgan fingerprint density at radius 3 is 2.53 bits per heavy atom. The lowest BCUT2D eigenvalue weighted by Crippen LogP contribution is -2.49. The minimum atomic E-state index is -0.770. The van der Waals surface area contributed by atoms with Gasteiger partial charge in [0.05, 0.1) is 0 Å². The lowest BCUT2D eigenvalue weighted by molar-refractivity contribution is -0.133. The number of urea groups is 1. The molecule has 0 aromatic rings. The summed E-state index contributed by atoms with van der Waals surface area (Å²) in [6, 6.07) is -0.270. The molecule has 1 heterocycles. The van der Waals surface area contributed by atoms with Gasteiger partial charge in [-0.3, -0.25) is 9.69 Å². The third-order valence-corrected chi connectivity index (χ3v) is 3.90. The van der Waals surface area contributed by atoms with Gasteiger partial charge in [-0.15, -0.1) is 0 Å². The molecule has 5 nitrogen and oxygen atoms in total. The van der Waals surface area contributed by atoms with Crippen molar-refractivity contribution in [2.24, 2.45) is 11.7 Å². The molecule has 1 aliphatic heterocycles. The summed E-state index contributed by atoms with van der Waals surface area (Å²) < 4.78 is 0. The van der Waals surface area contributed by atoms with Crippen LogP contribution in [0.5, 0.6) is 0 Å². The number of imide groups is 1. The van der Waals surface area contributed by atoms with Crippen LogP contribution in [0.25, 0.3) is 0 Å². The molecule has 2 rings (SSSR count). The van der Waals surface area contributed by atoms with Gasteiger partial charge in [0.15, 0.2) is 0 Å². The van der Waals surface area contributed by atoms with Crippen molar-refractivity contribution in [3.63, 3.8) is 0 Å². The molecule has 3 N–H and O–H groups in total. The maximum atomic E-state index is 12.2. The number of rotatable bonds is 2. The quantitative estimate of drug-likeness (QED) is 0.701. The van der Waals surface area contributed by atoms with Gasteiger partial charge in [-0.2, -0.15) is 0 Å². The largest absolute Gasteiger partial charge is 0.330 e. The second-order valence-corrected chi connectivity index (χ2v) is 5.58. The summed E-state index contributed by atoms with van der Waals surface area (Å²) in [6.45, 7) is 4.03. The molecular formula is C12H21N3O2. The molecule has 2 atom stereocenters. The van der Waals surface area contributed by atoms with Crippen molar-refractivity contribution in [2.75, 3.05) is 6.54 Å². The molecule has 0 spiro atoms. The first-order valence-electron chi connectivity index (χ1n) is 6.33. The summed E-state index contributed by atoms with van der Waals surface area (Å²) in [5.41, 5.74) is 4.98. The zero-order valence-electron chi connectivity index (χ0n) is 10.5. The molecular weight excluding hydrogens is 218 g/mol. The standard InChI is InChI=1S/C12H21N3O2/c1-12(2)10(16)15(11(17)14-12)9-6-4-3-5-8(9)7-13/h8-9H,3-7,13H2,1-2H3,(H,14,17). The van der Waals surface area contributed by atoms with E-state index in [-0.39, 0.29) is 23.9 Å². The Balaban J connectivity index is 2.21. The highest BCUT2D eigenvalue weighted by atomic mass is 16.2. The van der Waals surface area contributed by atoms with Crippen molar-refractivity contribution in [1.29, 1.82) is 0 Å². The third kappa shape index (κ3) is 2.04.